The Bertz CT molecular complexity index is 1040. The number of benzene rings is 3. The van der Waals surface area contributed by atoms with Gasteiger partial charge >= 0.3 is 5.97 Å². The van der Waals surface area contributed by atoms with E-state index in [1.54, 1.807) is 36.4 Å². The Balaban J connectivity index is 1.44. The Morgan fingerprint density at radius 1 is 0.903 bits per heavy atom. The fourth-order valence-corrected chi connectivity index (χ4v) is 2.66. The van der Waals surface area contributed by atoms with E-state index in [0.29, 0.717) is 17.1 Å². The van der Waals surface area contributed by atoms with Crippen molar-refractivity contribution in [3.05, 3.63) is 95.1 Å². The van der Waals surface area contributed by atoms with Crippen LogP contribution in [0.2, 0.25) is 0 Å². The summed E-state index contributed by atoms with van der Waals surface area (Å²) in [6.07, 6.45) is 2.45. The zero-order chi connectivity index (χ0) is 22.1. The summed E-state index contributed by atoms with van der Waals surface area (Å²) in [6, 6.07) is 21.6. The second-order valence-corrected chi connectivity index (χ2v) is 6.90. The molecule has 1 amide bonds. The fraction of sp³-hybridized carbons (Fsp3) is 0.160. The minimum atomic E-state index is -0.419. The molecule has 0 aliphatic heterocycles. The molecule has 6 heteroatoms. The molecule has 0 spiro atoms. The van der Waals surface area contributed by atoms with Gasteiger partial charge in [0.1, 0.15) is 11.5 Å². The smallest absolute Gasteiger partial charge is 0.343 e. The highest BCUT2D eigenvalue weighted by atomic mass is 16.5. The molecule has 0 saturated carbocycles. The molecular formula is C25H24N2O4. The van der Waals surface area contributed by atoms with Crippen LogP contribution in [0, 0.1) is 6.92 Å². The summed E-state index contributed by atoms with van der Waals surface area (Å²) >= 11 is 0. The first-order chi connectivity index (χ1) is 15.0. The SMILES string of the molecule is CCc1ccc(OCC(=O)NN=Cc2ccc(OC(=O)c3ccc(C)cc3)cc2)cc1. The van der Waals surface area contributed by atoms with E-state index in [4.69, 9.17) is 9.47 Å². The molecule has 158 valence electrons. The van der Waals surface area contributed by atoms with E-state index in [1.165, 1.54) is 11.8 Å². The van der Waals surface area contributed by atoms with Gasteiger partial charge in [-0.15, -0.1) is 0 Å². The molecule has 0 fully saturated rings. The van der Waals surface area contributed by atoms with Crippen molar-refractivity contribution < 1.29 is 19.1 Å². The lowest BCUT2D eigenvalue weighted by Crippen LogP contribution is -2.24. The largest absolute Gasteiger partial charge is 0.484 e. The number of carbonyl (C=O) groups is 2. The lowest BCUT2D eigenvalue weighted by molar-refractivity contribution is -0.123. The Morgan fingerprint density at radius 3 is 2.19 bits per heavy atom. The lowest BCUT2D eigenvalue weighted by Gasteiger charge is -2.06. The molecular weight excluding hydrogens is 392 g/mol. The molecule has 6 nitrogen and oxygen atoms in total. The van der Waals surface area contributed by atoms with Crippen molar-refractivity contribution in [2.45, 2.75) is 20.3 Å². The minimum absolute atomic E-state index is 0.128. The van der Waals surface area contributed by atoms with Gasteiger partial charge in [-0.25, -0.2) is 10.2 Å². The van der Waals surface area contributed by atoms with Crippen molar-refractivity contribution in [3.63, 3.8) is 0 Å². The summed E-state index contributed by atoms with van der Waals surface area (Å²) in [5, 5.41) is 3.92. The van der Waals surface area contributed by atoms with Crippen molar-refractivity contribution in [1.29, 1.82) is 0 Å². The summed E-state index contributed by atoms with van der Waals surface area (Å²) in [5.41, 5.74) is 5.93. The second kappa shape index (κ2) is 10.7. The average Bonchev–Trinajstić information content (AvgIpc) is 2.79. The molecule has 0 bridgehead atoms. The molecule has 0 aromatic heterocycles. The third kappa shape index (κ3) is 6.82. The molecule has 0 aliphatic rings. The van der Waals surface area contributed by atoms with Gasteiger partial charge in [0.25, 0.3) is 5.91 Å². The Morgan fingerprint density at radius 2 is 1.55 bits per heavy atom. The molecule has 0 saturated heterocycles. The lowest BCUT2D eigenvalue weighted by atomic mass is 10.1. The zero-order valence-electron chi connectivity index (χ0n) is 17.5. The first-order valence-electron chi connectivity index (χ1n) is 9.96. The highest BCUT2D eigenvalue weighted by molar-refractivity contribution is 5.91. The Kier molecular flexibility index (Phi) is 7.54. The maximum Gasteiger partial charge on any atom is 0.343 e. The van der Waals surface area contributed by atoms with Crippen LogP contribution >= 0.6 is 0 Å². The molecule has 1 N–H and O–H groups in total. The summed E-state index contributed by atoms with van der Waals surface area (Å²) in [5.74, 6) is 0.277. The topological polar surface area (TPSA) is 77.0 Å². The van der Waals surface area contributed by atoms with Crippen LogP contribution in [0.4, 0.5) is 0 Å². The summed E-state index contributed by atoms with van der Waals surface area (Å²) in [6.45, 7) is 3.90. The van der Waals surface area contributed by atoms with Gasteiger partial charge in [0.15, 0.2) is 6.61 Å². The van der Waals surface area contributed by atoms with Gasteiger partial charge < -0.3 is 9.47 Å². The molecule has 0 unspecified atom stereocenters. The number of hydrogen-bond acceptors (Lipinski definition) is 5. The van der Waals surface area contributed by atoms with Crippen molar-refractivity contribution in [1.82, 2.24) is 5.43 Å². The number of amides is 1. The van der Waals surface area contributed by atoms with Crippen molar-refractivity contribution >= 4 is 18.1 Å². The van der Waals surface area contributed by atoms with Gasteiger partial charge in [-0.05, 0) is 73.0 Å². The van der Waals surface area contributed by atoms with E-state index >= 15 is 0 Å². The van der Waals surface area contributed by atoms with Crippen molar-refractivity contribution in [2.75, 3.05) is 6.61 Å². The standard InChI is InChI=1S/C25H24N2O4/c1-3-19-6-12-22(13-7-19)30-17-24(28)27-26-16-20-8-14-23(15-9-20)31-25(29)21-10-4-18(2)5-11-21/h4-16H,3,17H2,1-2H3,(H,27,28). The molecule has 0 heterocycles. The predicted molar refractivity (Wildman–Crippen MR) is 120 cm³/mol. The Labute approximate surface area is 181 Å². The van der Waals surface area contributed by atoms with E-state index in [1.807, 2.05) is 43.3 Å². The molecule has 0 radical (unpaired) electrons. The first kappa shape index (κ1) is 21.8. The van der Waals surface area contributed by atoms with E-state index in [0.717, 1.165) is 17.5 Å². The average molecular weight is 416 g/mol. The van der Waals surface area contributed by atoms with Gasteiger partial charge in [-0.3, -0.25) is 4.79 Å². The minimum Gasteiger partial charge on any atom is -0.484 e. The van der Waals surface area contributed by atoms with Gasteiger partial charge in [-0.1, -0.05) is 36.8 Å². The van der Waals surface area contributed by atoms with Crippen LogP contribution in [0.25, 0.3) is 0 Å². The molecule has 31 heavy (non-hydrogen) atoms. The summed E-state index contributed by atoms with van der Waals surface area (Å²) < 4.78 is 10.8. The quantitative estimate of drug-likeness (QED) is 0.257. The number of nitrogens with zero attached hydrogens (tertiary/aromatic N) is 1. The summed E-state index contributed by atoms with van der Waals surface area (Å²) in [4.78, 5) is 24.0. The second-order valence-electron chi connectivity index (χ2n) is 6.90. The maximum absolute atomic E-state index is 12.1. The number of aryl methyl sites for hydroxylation is 2. The van der Waals surface area contributed by atoms with E-state index in [2.05, 4.69) is 17.5 Å². The van der Waals surface area contributed by atoms with Crippen LogP contribution in [0.5, 0.6) is 11.5 Å². The van der Waals surface area contributed by atoms with Gasteiger partial charge in [0.2, 0.25) is 0 Å². The van der Waals surface area contributed by atoms with Crippen LogP contribution in [-0.4, -0.2) is 24.7 Å². The van der Waals surface area contributed by atoms with Crippen LogP contribution in [0.3, 0.4) is 0 Å². The monoisotopic (exact) mass is 416 g/mol. The number of nitrogens with one attached hydrogen (secondary N) is 1. The van der Waals surface area contributed by atoms with Crippen LogP contribution in [-0.2, 0) is 11.2 Å². The van der Waals surface area contributed by atoms with Gasteiger partial charge in [-0.2, -0.15) is 5.10 Å². The predicted octanol–water partition coefficient (Wildman–Crippen LogP) is 4.31. The molecule has 0 aliphatic carbocycles. The summed E-state index contributed by atoms with van der Waals surface area (Å²) in [7, 11) is 0. The van der Waals surface area contributed by atoms with E-state index < -0.39 is 5.97 Å². The molecule has 3 rings (SSSR count). The molecule has 3 aromatic carbocycles. The Hall–Kier alpha value is -3.93. The van der Waals surface area contributed by atoms with Crippen LogP contribution in [0.15, 0.2) is 77.9 Å². The number of hydrogen-bond donors (Lipinski definition) is 1. The van der Waals surface area contributed by atoms with E-state index in [9.17, 15) is 9.59 Å². The van der Waals surface area contributed by atoms with Gasteiger partial charge in [0.05, 0.1) is 11.8 Å². The first-order valence-corrected chi connectivity index (χ1v) is 9.96. The highest BCUT2D eigenvalue weighted by Crippen LogP contribution is 2.14. The zero-order valence-corrected chi connectivity index (χ0v) is 17.5. The maximum atomic E-state index is 12.1. The molecule has 0 atom stereocenters. The van der Waals surface area contributed by atoms with Gasteiger partial charge in [0, 0.05) is 0 Å². The molecule has 3 aromatic rings. The van der Waals surface area contributed by atoms with Crippen molar-refractivity contribution in [3.8, 4) is 11.5 Å². The number of hydrazone groups is 1. The third-order valence-electron chi connectivity index (χ3n) is 4.48. The fourth-order valence-electron chi connectivity index (χ4n) is 2.66. The number of ether oxygens (including phenoxy) is 2. The van der Waals surface area contributed by atoms with Crippen LogP contribution in [0.1, 0.15) is 34.0 Å². The highest BCUT2D eigenvalue weighted by Gasteiger charge is 2.08. The van der Waals surface area contributed by atoms with E-state index in [-0.39, 0.29) is 12.5 Å². The normalized spacial score (nSPS) is 10.6. The number of rotatable bonds is 8. The third-order valence-corrected chi connectivity index (χ3v) is 4.48. The number of esters is 1. The van der Waals surface area contributed by atoms with Crippen LogP contribution < -0.4 is 14.9 Å². The number of carbonyl (C=O) groups excluding carboxylic acids is 2. The van der Waals surface area contributed by atoms with Crippen molar-refractivity contribution in [2.24, 2.45) is 5.10 Å².